The Morgan fingerprint density at radius 1 is 1.22 bits per heavy atom. The van der Waals surface area contributed by atoms with Crippen LogP contribution in [-0.2, 0) is 16.3 Å². The third kappa shape index (κ3) is 6.00. The first-order chi connectivity index (χ1) is 8.58. The van der Waals surface area contributed by atoms with E-state index in [1.807, 2.05) is 6.07 Å². The zero-order valence-electron chi connectivity index (χ0n) is 9.82. The van der Waals surface area contributed by atoms with Gasteiger partial charge in [-0.2, -0.15) is 0 Å². The van der Waals surface area contributed by atoms with Crippen LogP contribution >= 0.6 is 71.3 Å². The third-order valence-electron chi connectivity index (χ3n) is 2.16. The van der Waals surface area contributed by atoms with Crippen LogP contribution in [0.4, 0.5) is 0 Å². The van der Waals surface area contributed by atoms with Crippen LogP contribution in [0.15, 0.2) is 23.6 Å². The molecule has 0 saturated heterocycles. The van der Waals surface area contributed by atoms with Crippen molar-refractivity contribution in [2.45, 2.75) is 6.61 Å². The predicted octanol–water partition coefficient (Wildman–Crippen LogP) is 5.71. The van der Waals surface area contributed by atoms with Crippen LogP contribution < -0.4 is 4.74 Å². The summed E-state index contributed by atoms with van der Waals surface area (Å²) in [5.41, 5.74) is 1.23. The van der Waals surface area contributed by atoms with Gasteiger partial charge in [0.1, 0.15) is 5.75 Å². The zero-order chi connectivity index (χ0) is 13.5. The summed E-state index contributed by atoms with van der Waals surface area (Å²) >= 11 is 9.13. The van der Waals surface area contributed by atoms with Gasteiger partial charge in [0.2, 0.25) is 0 Å². The molecule has 0 atom stereocenters. The van der Waals surface area contributed by atoms with Crippen molar-refractivity contribution in [3.63, 3.8) is 0 Å². The molecule has 0 amide bonds. The SMILES string of the molecule is COCc1csc2ccc(OC)cc12.[I][V]([I])[I]. The van der Waals surface area contributed by atoms with Crippen LogP contribution in [0.25, 0.3) is 10.1 Å². The molecule has 0 N–H and O–H groups in total. The summed E-state index contributed by atoms with van der Waals surface area (Å²) in [5, 5.41) is 3.37. The first-order valence-corrected chi connectivity index (χ1v) is 19.3. The molecule has 0 spiro atoms. The van der Waals surface area contributed by atoms with E-state index < -0.39 is 0 Å². The van der Waals surface area contributed by atoms with E-state index in [4.69, 9.17) is 9.47 Å². The van der Waals surface area contributed by atoms with Gasteiger partial charge in [-0.05, 0) is 29.1 Å². The fourth-order valence-electron chi connectivity index (χ4n) is 1.46. The van der Waals surface area contributed by atoms with E-state index in [0.29, 0.717) is 6.61 Å². The first-order valence-electron chi connectivity index (χ1n) is 4.89. The summed E-state index contributed by atoms with van der Waals surface area (Å²) in [4.78, 5) is -0.278. The second-order valence-corrected chi connectivity index (χ2v) is 39.5. The molecule has 0 radical (unpaired) electrons. The van der Waals surface area contributed by atoms with Gasteiger partial charge in [-0.25, -0.2) is 0 Å². The number of fused-ring (bicyclic) bond motifs is 1. The molecule has 0 bridgehead atoms. The fourth-order valence-corrected chi connectivity index (χ4v) is 2.38. The Bertz CT molecular complexity index is 487. The normalized spacial score (nSPS) is 10.3. The molecule has 0 saturated carbocycles. The van der Waals surface area contributed by atoms with Gasteiger partial charge in [0.05, 0.1) is 13.7 Å². The summed E-state index contributed by atoms with van der Waals surface area (Å²) < 4.78 is 11.6. The van der Waals surface area contributed by atoms with Crippen LogP contribution in [-0.4, -0.2) is 14.2 Å². The Labute approximate surface area is 149 Å². The Kier molecular flexibility index (Phi) is 9.49. The number of hydrogen-bond donors (Lipinski definition) is 0. The molecule has 0 fully saturated rings. The van der Waals surface area contributed by atoms with Crippen LogP contribution in [0.3, 0.4) is 0 Å². The number of hydrogen-bond acceptors (Lipinski definition) is 3. The maximum absolute atomic E-state index is 5.19. The summed E-state index contributed by atoms with van der Waals surface area (Å²) in [6.07, 6.45) is 0. The summed E-state index contributed by atoms with van der Waals surface area (Å²) in [6.45, 7) is 0.660. The Hall–Kier alpha value is 1.71. The average molecular weight is 640 g/mol. The van der Waals surface area contributed by atoms with E-state index in [1.165, 1.54) is 15.6 Å². The molecule has 18 heavy (non-hydrogen) atoms. The molecule has 1 aromatic carbocycles. The van der Waals surface area contributed by atoms with E-state index in [0.717, 1.165) is 5.75 Å². The van der Waals surface area contributed by atoms with Gasteiger partial charge in [-0.15, -0.1) is 11.3 Å². The van der Waals surface area contributed by atoms with Crippen molar-refractivity contribution in [1.29, 1.82) is 0 Å². The van der Waals surface area contributed by atoms with Gasteiger partial charge < -0.3 is 9.47 Å². The topological polar surface area (TPSA) is 18.5 Å². The molecule has 2 nitrogen and oxygen atoms in total. The zero-order valence-corrected chi connectivity index (χ0v) is 18.5. The van der Waals surface area contributed by atoms with Crippen LogP contribution in [0.2, 0.25) is 0 Å². The maximum atomic E-state index is 5.19. The minimum atomic E-state index is -0.278. The van der Waals surface area contributed by atoms with Gasteiger partial charge in [0, 0.05) is 17.2 Å². The van der Waals surface area contributed by atoms with Crippen LogP contribution in [0, 0.1) is 0 Å². The van der Waals surface area contributed by atoms with E-state index in [1.54, 1.807) is 25.6 Å². The summed E-state index contributed by atoms with van der Waals surface area (Å²) in [5.74, 6) is 0.897. The van der Waals surface area contributed by atoms with Crippen molar-refractivity contribution in [1.82, 2.24) is 0 Å². The van der Waals surface area contributed by atoms with Crippen molar-refractivity contribution >= 4 is 81.4 Å². The molecule has 2 rings (SSSR count). The molecule has 0 aliphatic heterocycles. The number of methoxy groups -OCH3 is 2. The number of rotatable bonds is 3. The Morgan fingerprint density at radius 2 is 1.89 bits per heavy atom. The van der Waals surface area contributed by atoms with Crippen molar-refractivity contribution in [3.05, 3.63) is 29.1 Å². The molecule has 1 aromatic heterocycles. The third-order valence-corrected chi connectivity index (χ3v) is 3.17. The Balaban J connectivity index is 0.000000357. The quantitative estimate of drug-likeness (QED) is 0.401. The molecular formula is C11H12I3O2SV. The molecule has 100 valence electrons. The first kappa shape index (κ1) is 17.8. The van der Waals surface area contributed by atoms with E-state index >= 15 is 0 Å². The van der Waals surface area contributed by atoms with E-state index in [9.17, 15) is 0 Å². The number of benzene rings is 1. The van der Waals surface area contributed by atoms with Gasteiger partial charge >= 0.3 is 64.9 Å². The monoisotopic (exact) mass is 640 g/mol. The average Bonchev–Trinajstić information content (AvgIpc) is 2.71. The van der Waals surface area contributed by atoms with E-state index in [2.05, 4.69) is 77.4 Å². The summed E-state index contributed by atoms with van der Waals surface area (Å²) in [6, 6.07) is 6.12. The van der Waals surface area contributed by atoms with Gasteiger partial charge in [-0.1, -0.05) is 0 Å². The van der Waals surface area contributed by atoms with Gasteiger partial charge in [-0.3, -0.25) is 0 Å². The predicted molar refractivity (Wildman–Crippen MR) is 101 cm³/mol. The number of thiophene rings is 1. The molecule has 7 heteroatoms. The van der Waals surface area contributed by atoms with Gasteiger partial charge in [0.15, 0.2) is 0 Å². The molecule has 2 aromatic rings. The van der Waals surface area contributed by atoms with Crippen LogP contribution in [0.1, 0.15) is 5.56 Å². The number of halogens is 3. The van der Waals surface area contributed by atoms with E-state index in [-0.39, 0.29) is 4.92 Å². The molecule has 0 aliphatic rings. The van der Waals surface area contributed by atoms with Crippen molar-refractivity contribution < 1.29 is 14.4 Å². The second kappa shape index (κ2) is 9.61. The van der Waals surface area contributed by atoms with Gasteiger partial charge in [0.25, 0.3) is 0 Å². The van der Waals surface area contributed by atoms with Crippen molar-refractivity contribution in [3.8, 4) is 5.75 Å². The molecular weight excluding hydrogens is 628 g/mol. The Morgan fingerprint density at radius 3 is 2.44 bits per heavy atom. The van der Waals surface area contributed by atoms with Crippen molar-refractivity contribution in [2.24, 2.45) is 0 Å². The fraction of sp³-hybridized carbons (Fsp3) is 0.273. The van der Waals surface area contributed by atoms with Crippen LogP contribution in [0.5, 0.6) is 5.75 Å². The summed E-state index contributed by atoms with van der Waals surface area (Å²) in [7, 11) is 3.40. The number of ether oxygens (including phenoxy) is 2. The minimum absolute atomic E-state index is 0.278. The second-order valence-electron chi connectivity index (χ2n) is 3.25. The molecule has 0 unspecified atom stereocenters. The standard InChI is InChI=1S/C11H12O2S.3HI.V/c1-12-6-8-7-14-11-4-3-9(13-2)5-10(8)11;;;;/h3-5,7H,6H2,1-2H3;3*1H;/q;;;;+3/p-3. The molecule has 0 aliphatic carbocycles. The van der Waals surface area contributed by atoms with Crippen molar-refractivity contribution in [2.75, 3.05) is 14.2 Å². The molecule has 1 heterocycles.